The van der Waals surface area contributed by atoms with Crippen LogP contribution in [0.3, 0.4) is 0 Å². The van der Waals surface area contributed by atoms with Gasteiger partial charge in [0, 0.05) is 116 Å². The minimum Gasteiger partial charge on any atom is -0.458 e. The second kappa shape index (κ2) is 48.8. The molecule has 0 radical (unpaired) electrons. The number of ketones is 2. The number of carbonyl (C=O) groups is 8. The number of amides is 5. The van der Waals surface area contributed by atoms with Crippen LogP contribution in [0.2, 0.25) is 20.1 Å². The summed E-state index contributed by atoms with van der Waals surface area (Å²) in [6, 6.07) is 64.3. The number of esters is 1. The standard InChI is InChI=1S/C57H64Cl2N6O8.C50H56Cl2N6O7/c1-39(54(67)62-48(37-70-5)50(66)32-57(27-12-28-60-38-57)31-41-17-22-45(58)23-18-41)65(56(69)73-52(29-40-13-8-6-9-14-40)55(68)71-36-42-15-10-7-11-16-42)34-44-19-24-46(59)30-51(44)72-47-25-20-43(21-26-47)49-33-61-53(64(49)4)35-63(2)3;1-33-43(59)25-38(31-63-5)47(60)54-50(27-35-12-17-39(51)18-13-35)22-9-23-57(32-50)48(61)45(24-34-10-7-6-8-11-34)65-49(62)58(33)29-37-14-19-40(52)26-44(37)64-41-20-15-36(16-21-41)42-28-53-46(56(42)4)30-55(2)3/h6-11,13-26,30,33,39,48,52,60H,12,27-29,31-32,34-38H2,1-5H3,(H,62,67);6-8,10-21,26,28,33,38,45H,9,22-25,27,29-32H2,1-5H3,(H,54,60)/t39-,48-,52-,57-;33-,38-,45-,50+/m00/s1. The molecule has 5 heterocycles. The summed E-state index contributed by atoms with van der Waals surface area (Å²) in [5.41, 5.74) is 7.64. The fourth-order valence-corrected chi connectivity index (χ4v) is 18.2. The van der Waals surface area contributed by atoms with E-state index in [0.717, 1.165) is 75.8 Å². The Morgan fingerprint density at radius 1 is 0.609 bits per heavy atom. The molecule has 0 spiro atoms. The monoisotopic (exact) mass is 1950 g/mol. The number of hydrogen-bond donors (Lipinski definition) is 3. The first-order valence-electron chi connectivity index (χ1n) is 46.2. The van der Waals surface area contributed by atoms with Crippen molar-refractivity contribution in [3.63, 3.8) is 0 Å². The van der Waals surface area contributed by atoms with Crippen molar-refractivity contribution in [3.05, 3.63) is 308 Å². The van der Waals surface area contributed by atoms with E-state index in [1.54, 1.807) is 60.4 Å². The number of ether oxygens (including phenoxy) is 7. The van der Waals surface area contributed by atoms with E-state index in [1.807, 2.05) is 235 Å². The first-order valence-corrected chi connectivity index (χ1v) is 47.7. The van der Waals surface area contributed by atoms with Crippen LogP contribution < -0.4 is 25.4 Å². The summed E-state index contributed by atoms with van der Waals surface area (Å²) < 4.78 is 46.2. The van der Waals surface area contributed by atoms with Gasteiger partial charge in [-0.25, -0.2) is 24.4 Å². The summed E-state index contributed by atoms with van der Waals surface area (Å²) in [4.78, 5) is 134. The van der Waals surface area contributed by atoms with Crippen molar-refractivity contribution in [1.29, 1.82) is 0 Å². The van der Waals surface area contributed by atoms with Gasteiger partial charge in [-0.05, 0) is 217 Å². The molecule has 9 aromatic carbocycles. The predicted octanol–water partition coefficient (Wildman–Crippen LogP) is 17.8. The Bertz CT molecular complexity index is 5950. The molecule has 0 unspecified atom stereocenters. The molecular formula is C107H120Cl4N12O15. The topological polar surface area (TPSA) is 289 Å². The van der Waals surface area contributed by atoms with Crippen LogP contribution >= 0.6 is 46.4 Å². The Kier molecular flexibility index (Phi) is 36.5. The maximum Gasteiger partial charge on any atom is 0.411 e. The van der Waals surface area contributed by atoms with Gasteiger partial charge < -0.3 is 72.9 Å². The van der Waals surface area contributed by atoms with Gasteiger partial charge in [0.05, 0.1) is 80.7 Å². The molecule has 3 aliphatic heterocycles. The summed E-state index contributed by atoms with van der Waals surface area (Å²) in [5, 5.41) is 11.7. The summed E-state index contributed by atoms with van der Waals surface area (Å²) in [6.45, 7) is 5.93. The zero-order valence-electron chi connectivity index (χ0n) is 79.5. The van der Waals surface area contributed by atoms with Crippen molar-refractivity contribution < 1.29 is 71.5 Å². The molecule has 5 amide bonds. The summed E-state index contributed by atoms with van der Waals surface area (Å²) in [5.74, 6) is -0.196. The third-order valence-corrected chi connectivity index (χ3v) is 26.1. The van der Waals surface area contributed by atoms with Crippen LogP contribution in [0.15, 0.2) is 237 Å². The lowest BCUT2D eigenvalue weighted by Gasteiger charge is -2.45. The fourth-order valence-electron chi connectivity index (χ4n) is 17.7. The Morgan fingerprint density at radius 2 is 1.14 bits per heavy atom. The number of cyclic esters (lactones) is 1. The van der Waals surface area contributed by atoms with E-state index < -0.39 is 83.0 Å². The normalized spacial score (nSPS) is 18.2. The average molecular weight is 1960 g/mol. The molecular weight excluding hydrogens is 1840 g/mol. The Balaban J connectivity index is 0.000000234. The average Bonchev–Trinajstić information content (AvgIpc) is 1.01. The van der Waals surface area contributed by atoms with E-state index in [9.17, 15) is 38.4 Å². The van der Waals surface area contributed by atoms with Crippen LogP contribution in [0, 0.1) is 11.3 Å². The lowest BCUT2D eigenvalue weighted by Crippen LogP contribution is -2.63. The highest BCUT2D eigenvalue weighted by molar-refractivity contribution is 6.31. The van der Waals surface area contributed by atoms with Crippen LogP contribution in [0.4, 0.5) is 9.59 Å². The van der Waals surface area contributed by atoms with Crippen molar-refractivity contribution in [2.24, 2.45) is 25.4 Å². The lowest BCUT2D eigenvalue weighted by atomic mass is 9.71. The van der Waals surface area contributed by atoms with Crippen molar-refractivity contribution in [2.75, 3.05) is 81.8 Å². The number of aromatic nitrogens is 4. The van der Waals surface area contributed by atoms with E-state index in [2.05, 4.69) is 40.3 Å². The number of hydrogen-bond acceptors (Lipinski definition) is 20. The van der Waals surface area contributed by atoms with Crippen molar-refractivity contribution >= 4 is 93.8 Å². The van der Waals surface area contributed by atoms with Gasteiger partial charge in [0.25, 0.3) is 5.91 Å². The van der Waals surface area contributed by atoms with Gasteiger partial charge in [-0.15, -0.1) is 0 Å². The number of fused-ring (bicyclic) bond motifs is 2. The highest BCUT2D eigenvalue weighted by Crippen LogP contribution is 2.39. The zero-order valence-corrected chi connectivity index (χ0v) is 82.5. The number of halogens is 4. The maximum absolute atomic E-state index is 14.8. The molecule has 31 heteroatoms. The Hall–Kier alpha value is -12.3. The molecule has 138 heavy (non-hydrogen) atoms. The van der Waals surface area contributed by atoms with E-state index in [1.165, 1.54) is 30.9 Å². The molecule has 3 aliphatic rings. The lowest BCUT2D eigenvalue weighted by molar-refractivity contribution is -0.155. The number of nitrogens with zero attached hydrogens (tertiary/aromatic N) is 9. The minimum absolute atomic E-state index is 0.00719. The summed E-state index contributed by atoms with van der Waals surface area (Å²) in [6.07, 6.45) is 3.05. The summed E-state index contributed by atoms with van der Waals surface area (Å²) in [7, 11) is 14.9. The first-order chi connectivity index (χ1) is 66.4. The molecule has 8 atom stereocenters. The second-order valence-corrected chi connectivity index (χ2v) is 38.0. The number of benzene rings is 9. The third kappa shape index (κ3) is 28.3. The maximum atomic E-state index is 14.8. The Labute approximate surface area is 826 Å². The van der Waals surface area contributed by atoms with Crippen LogP contribution in [0.5, 0.6) is 23.0 Å². The molecule has 11 aromatic rings. The number of Topliss-reactive ketones (excluding diaryl/α,β-unsaturated/α-hetero) is 2. The van der Waals surface area contributed by atoms with E-state index in [-0.39, 0.29) is 76.8 Å². The Morgan fingerprint density at radius 3 is 1.69 bits per heavy atom. The van der Waals surface area contributed by atoms with Crippen LogP contribution in [-0.4, -0.2) is 209 Å². The SMILES string of the molecule is COC[C@@H]1CC(=O)[C@H](C)N(Cc2ccc(Cl)cc2Oc2ccc(-c3cnc(CN(C)C)n3C)cc2)C(=O)O[C@@H](Cc2ccccc2)C(=O)N2CCC[C@@](Cc3ccc(Cl)cc3)(C2)NC1=O.COC[C@H](NC(=O)[C@H](C)N(Cc1ccc(Cl)cc1Oc1ccc(-c2cnc(CN(C)C)n2C)cc1)C(=O)O[C@@H](Cc1ccccc1)C(=O)OCc1ccccc1)C(=O)C[C@@]1(Cc2ccc(Cl)cc2)CCCNC1. The molecule has 2 aromatic heterocycles. The third-order valence-electron chi connectivity index (χ3n) is 25.2. The number of piperidine rings is 2. The molecule has 0 aliphatic carbocycles. The molecule has 2 bridgehead atoms. The van der Waals surface area contributed by atoms with Crippen molar-refractivity contribution in [1.82, 2.24) is 59.6 Å². The molecule has 27 nitrogen and oxygen atoms in total. The van der Waals surface area contributed by atoms with E-state index in [0.29, 0.717) is 112 Å². The van der Waals surface area contributed by atoms with Gasteiger partial charge in [-0.3, -0.25) is 33.8 Å². The number of carbonyl (C=O) groups excluding carboxylic acids is 8. The molecule has 3 fully saturated rings. The van der Waals surface area contributed by atoms with Gasteiger partial charge in [0.2, 0.25) is 17.9 Å². The predicted molar refractivity (Wildman–Crippen MR) is 532 cm³/mol. The number of imidazole rings is 2. The van der Waals surface area contributed by atoms with Gasteiger partial charge in [0.15, 0.2) is 17.7 Å². The number of nitrogens with one attached hydrogen (secondary N) is 3. The first kappa shape index (κ1) is 103. The molecule has 726 valence electrons. The quantitative estimate of drug-likeness (QED) is 0.0243. The van der Waals surface area contributed by atoms with Gasteiger partial charge >= 0.3 is 18.2 Å². The zero-order chi connectivity index (χ0) is 98.2. The van der Waals surface area contributed by atoms with Crippen LogP contribution in [0.1, 0.15) is 103 Å². The number of methoxy groups -OCH3 is 2. The molecule has 3 N–H and O–H groups in total. The molecule has 3 saturated heterocycles. The smallest absolute Gasteiger partial charge is 0.411 e. The molecule has 14 rings (SSSR count). The van der Waals surface area contributed by atoms with Crippen LogP contribution in [-0.2, 0) is 125 Å². The number of rotatable bonds is 36. The minimum atomic E-state index is -1.40. The van der Waals surface area contributed by atoms with E-state index >= 15 is 0 Å². The van der Waals surface area contributed by atoms with Crippen LogP contribution in [0.25, 0.3) is 22.5 Å². The van der Waals surface area contributed by atoms with E-state index in [4.69, 9.17) is 79.6 Å². The second-order valence-electron chi connectivity index (χ2n) is 36.3. The fraction of sp³-hybridized carbons (Fsp3) is 0.364. The van der Waals surface area contributed by atoms with Gasteiger partial charge in [-0.2, -0.15) is 0 Å². The van der Waals surface area contributed by atoms with Crippen molar-refractivity contribution in [3.8, 4) is 45.5 Å². The molecule has 0 saturated carbocycles. The highest BCUT2D eigenvalue weighted by Gasteiger charge is 2.45. The summed E-state index contributed by atoms with van der Waals surface area (Å²) >= 11 is 25.6. The van der Waals surface area contributed by atoms with Gasteiger partial charge in [-0.1, -0.05) is 174 Å². The highest BCUT2D eigenvalue weighted by atomic mass is 35.5. The largest absolute Gasteiger partial charge is 0.458 e. The van der Waals surface area contributed by atoms with Crippen molar-refractivity contribution in [2.45, 2.75) is 147 Å². The van der Waals surface area contributed by atoms with Gasteiger partial charge in [0.1, 0.15) is 53.3 Å².